The Morgan fingerprint density at radius 1 is 0.839 bits per heavy atom. The molecule has 2 fully saturated rings. The maximum absolute atomic E-state index is 14.7. The first kappa shape index (κ1) is 22.6. The largest absolute Gasteiger partial charge is 0.490 e. The van der Waals surface area contributed by atoms with Crippen LogP contribution in [0, 0.1) is 35.4 Å². The van der Waals surface area contributed by atoms with Gasteiger partial charge < -0.3 is 4.74 Å². The van der Waals surface area contributed by atoms with E-state index in [9.17, 15) is 4.39 Å². The number of allylic oxidation sites excluding steroid dienone is 3. The van der Waals surface area contributed by atoms with E-state index in [2.05, 4.69) is 44.2 Å². The monoisotopic (exact) mass is 424 g/mol. The number of ether oxygens (including phenoxy) is 1. The molecule has 0 saturated heterocycles. The fourth-order valence-electron chi connectivity index (χ4n) is 5.68. The maximum atomic E-state index is 14.7. The minimum Gasteiger partial charge on any atom is -0.490 e. The molecular formula is C29H41FO. The molecule has 0 aliphatic heterocycles. The van der Waals surface area contributed by atoms with E-state index < -0.39 is 0 Å². The van der Waals surface area contributed by atoms with Crippen LogP contribution in [-0.4, -0.2) is 6.61 Å². The summed E-state index contributed by atoms with van der Waals surface area (Å²) in [6.45, 7) is 5.21. The Kier molecular flexibility index (Phi) is 7.91. The van der Waals surface area contributed by atoms with Crippen LogP contribution in [0.1, 0.15) is 89.5 Å². The first-order valence-electron chi connectivity index (χ1n) is 12.9. The molecule has 2 saturated carbocycles. The average Bonchev–Trinajstić information content (AvgIpc) is 2.79. The summed E-state index contributed by atoms with van der Waals surface area (Å²) in [4.78, 5) is 0. The molecule has 1 aromatic rings. The predicted octanol–water partition coefficient (Wildman–Crippen LogP) is 8.46. The molecule has 0 spiro atoms. The van der Waals surface area contributed by atoms with Crippen molar-refractivity contribution in [2.75, 3.05) is 6.61 Å². The third-order valence-corrected chi connectivity index (χ3v) is 8.07. The molecule has 0 N–H and O–H groups in total. The number of hydrogen-bond donors (Lipinski definition) is 0. The Hall–Kier alpha value is -1.57. The van der Waals surface area contributed by atoms with E-state index in [0.717, 1.165) is 23.8 Å². The van der Waals surface area contributed by atoms with Crippen molar-refractivity contribution in [2.24, 2.45) is 29.6 Å². The maximum Gasteiger partial charge on any atom is 0.165 e. The van der Waals surface area contributed by atoms with Crippen molar-refractivity contribution in [2.45, 2.75) is 84.0 Å². The minimum atomic E-state index is -0.195. The predicted molar refractivity (Wildman–Crippen MR) is 128 cm³/mol. The van der Waals surface area contributed by atoms with Crippen LogP contribution in [0.2, 0.25) is 0 Å². The minimum absolute atomic E-state index is 0.195. The van der Waals surface area contributed by atoms with Crippen LogP contribution in [0.5, 0.6) is 5.75 Å². The van der Waals surface area contributed by atoms with Crippen molar-refractivity contribution < 1.29 is 9.13 Å². The van der Waals surface area contributed by atoms with E-state index in [1.165, 1.54) is 57.8 Å². The highest BCUT2D eigenvalue weighted by Crippen LogP contribution is 2.38. The first-order chi connectivity index (χ1) is 15.1. The number of benzene rings is 1. The normalized spacial score (nSPS) is 34.2. The summed E-state index contributed by atoms with van der Waals surface area (Å²) < 4.78 is 20.5. The highest BCUT2D eigenvalue weighted by atomic mass is 19.1. The van der Waals surface area contributed by atoms with Crippen LogP contribution in [0.15, 0.2) is 42.5 Å². The summed E-state index contributed by atoms with van der Waals surface area (Å²) in [7, 11) is 0. The molecule has 2 atom stereocenters. The molecule has 0 radical (unpaired) electrons. The van der Waals surface area contributed by atoms with E-state index in [4.69, 9.17) is 4.74 Å². The van der Waals surface area contributed by atoms with Crippen LogP contribution < -0.4 is 4.74 Å². The van der Waals surface area contributed by atoms with Gasteiger partial charge in [0.15, 0.2) is 11.6 Å². The Bertz CT molecular complexity index is 750. The molecule has 3 aliphatic rings. The van der Waals surface area contributed by atoms with Crippen molar-refractivity contribution in [1.29, 1.82) is 0 Å². The van der Waals surface area contributed by atoms with E-state index in [0.29, 0.717) is 36.0 Å². The highest BCUT2D eigenvalue weighted by molar-refractivity contribution is 5.31. The molecular weight excluding hydrogens is 383 g/mol. The number of halogens is 1. The van der Waals surface area contributed by atoms with Crippen molar-refractivity contribution in [1.82, 2.24) is 0 Å². The summed E-state index contributed by atoms with van der Waals surface area (Å²) >= 11 is 0. The molecule has 1 aromatic carbocycles. The van der Waals surface area contributed by atoms with Gasteiger partial charge >= 0.3 is 0 Å². The zero-order valence-corrected chi connectivity index (χ0v) is 19.6. The Balaban J connectivity index is 1.24. The van der Waals surface area contributed by atoms with E-state index >= 15 is 0 Å². The zero-order chi connectivity index (χ0) is 21.6. The molecule has 2 unspecified atom stereocenters. The second-order valence-electron chi connectivity index (χ2n) is 10.7. The van der Waals surface area contributed by atoms with Crippen molar-refractivity contribution in [3.8, 4) is 5.75 Å². The summed E-state index contributed by atoms with van der Waals surface area (Å²) in [5, 5.41) is 0. The summed E-state index contributed by atoms with van der Waals surface area (Å²) in [6, 6.07) is 5.69. The standard InChI is InChI=1S/C29H41FO/c1-21-3-7-23(8-4-21)11-12-24-13-15-26(16-14-24)27-17-18-29(28(30)19-27)31-20-25-9-5-22(2)6-10-25/h5,9,11-12,17-19,21-26H,3-4,6-8,10,13-16,20H2,1-2H3/b12-11+. The van der Waals surface area contributed by atoms with Gasteiger partial charge in [0.1, 0.15) is 0 Å². The number of hydrogen-bond acceptors (Lipinski definition) is 1. The molecule has 0 bridgehead atoms. The lowest BCUT2D eigenvalue weighted by Gasteiger charge is -2.28. The third-order valence-electron chi connectivity index (χ3n) is 8.07. The summed E-state index contributed by atoms with van der Waals surface area (Å²) in [6.07, 6.45) is 22.2. The van der Waals surface area contributed by atoms with Gasteiger partial charge in [0.2, 0.25) is 0 Å². The van der Waals surface area contributed by atoms with E-state index in [-0.39, 0.29) is 5.82 Å². The molecule has 4 rings (SSSR count). The van der Waals surface area contributed by atoms with Crippen LogP contribution >= 0.6 is 0 Å². The van der Waals surface area contributed by atoms with Gasteiger partial charge in [-0.1, -0.05) is 57.1 Å². The molecule has 0 heterocycles. The van der Waals surface area contributed by atoms with Gasteiger partial charge in [0, 0.05) is 5.92 Å². The van der Waals surface area contributed by atoms with Crippen LogP contribution in [0.25, 0.3) is 0 Å². The second-order valence-corrected chi connectivity index (χ2v) is 10.7. The quantitative estimate of drug-likeness (QED) is 0.416. The Labute approximate surface area is 189 Å². The molecule has 31 heavy (non-hydrogen) atoms. The number of rotatable bonds is 6. The Morgan fingerprint density at radius 3 is 2.13 bits per heavy atom. The smallest absolute Gasteiger partial charge is 0.165 e. The lowest BCUT2D eigenvalue weighted by molar-refractivity contribution is 0.247. The lowest BCUT2D eigenvalue weighted by Crippen LogP contribution is -2.15. The summed E-state index contributed by atoms with van der Waals surface area (Å²) in [5.74, 6) is 4.23. The SMILES string of the molecule is CC1C=CC(COc2ccc(C3CCC(/C=C/C4CCC(C)CC4)CC3)cc2F)CC1. The third kappa shape index (κ3) is 6.46. The molecule has 0 amide bonds. The molecule has 2 heteroatoms. The van der Waals surface area contributed by atoms with Crippen LogP contribution in [0.3, 0.4) is 0 Å². The average molecular weight is 425 g/mol. The zero-order valence-electron chi connectivity index (χ0n) is 19.6. The van der Waals surface area contributed by atoms with Gasteiger partial charge in [-0.15, -0.1) is 0 Å². The molecule has 3 aliphatic carbocycles. The molecule has 1 nitrogen and oxygen atoms in total. The fourth-order valence-corrected chi connectivity index (χ4v) is 5.68. The van der Waals surface area contributed by atoms with Crippen molar-refractivity contribution in [3.05, 3.63) is 53.9 Å². The van der Waals surface area contributed by atoms with Gasteiger partial charge in [-0.25, -0.2) is 4.39 Å². The summed E-state index contributed by atoms with van der Waals surface area (Å²) in [5.41, 5.74) is 1.15. The van der Waals surface area contributed by atoms with E-state index in [1.54, 1.807) is 6.07 Å². The van der Waals surface area contributed by atoms with Crippen molar-refractivity contribution >= 4 is 0 Å². The van der Waals surface area contributed by atoms with Gasteiger partial charge in [-0.3, -0.25) is 0 Å². The highest BCUT2D eigenvalue weighted by Gasteiger charge is 2.23. The van der Waals surface area contributed by atoms with Crippen molar-refractivity contribution in [3.63, 3.8) is 0 Å². The van der Waals surface area contributed by atoms with Gasteiger partial charge in [0.25, 0.3) is 0 Å². The first-order valence-corrected chi connectivity index (χ1v) is 12.9. The lowest BCUT2D eigenvalue weighted by atomic mass is 9.77. The van der Waals surface area contributed by atoms with Gasteiger partial charge in [-0.05, 0) is 98.7 Å². The Morgan fingerprint density at radius 2 is 1.52 bits per heavy atom. The second kappa shape index (κ2) is 10.8. The fraction of sp³-hybridized carbons (Fsp3) is 0.655. The van der Waals surface area contributed by atoms with E-state index in [1.807, 2.05) is 6.07 Å². The molecule has 0 aromatic heterocycles. The topological polar surface area (TPSA) is 9.23 Å². The van der Waals surface area contributed by atoms with Crippen LogP contribution in [-0.2, 0) is 0 Å². The van der Waals surface area contributed by atoms with Gasteiger partial charge in [-0.2, -0.15) is 0 Å². The van der Waals surface area contributed by atoms with Gasteiger partial charge in [0.05, 0.1) is 6.61 Å². The van der Waals surface area contributed by atoms with Crippen LogP contribution in [0.4, 0.5) is 4.39 Å². The molecule has 170 valence electrons.